The molecular formula is C25H33N7O5S2. The van der Waals surface area contributed by atoms with E-state index in [-0.39, 0.29) is 29.1 Å². The number of hydrogen-bond acceptors (Lipinski definition) is 11. The molecule has 0 unspecified atom stereocenters. The van der Waals surface area contributed by atoms with Crippen molar-refractivity contribution in [1.82, 2.24) is 15.0 Å². The first-order chi connectivity index (χ1) is 18.7. The molecule has 12 nitrogen and oxygen atoms in total. The molecular weight excluding hydrogens is 542 g/mol. The van der Waals surface area contributed by atoms with Crippen molar-refractivity contribution in [1.29, 1.82) is 0 Å². The fraction of sp³-hybridized carbons (Fsp3) is 0.440. The Bertz CT molecular complexity index is 1390. The van der Waals surface area contributed by atoms with E-state index in [2.05, 4.69) is 35.2 Å². The van der Waals surface area contributed by atoms with Gasteiger partial charge in [-0.3, -0.25) is 10.0 Å². The molecule has 0 atom stereocenters. The van der Waals surface area contributed by atoms with Gasteiger partial charge in [-0.05, 0) is 49.8 Å². The van der Waals surface area contributed by atoms with Crippen LogP contribution in [0, 0.1) is 12.8 Å². The van der Waals surface area contributed by atoms with Crippen LogP contribution in [0.4, 0.5) is 28.4 Å². The molecule has 0 bridgehead atoms. The van der Waals surface area contributed by atoms with Gasteiger partial charge in [0.2, 0.25) is 16.0 Å². The molecule has 0 saturated carbocycles. The fourth-order valence-electron chi connectivity index (χ4n) is 4.21. The number of thiazole rings is 1. The Labute approximate surface area is 231 Å². The number of sulfonamides is 1. The second kappa shape index (κ2) is 12.6. The smallest absolute Gasteiger partial charge is 0.347 e. The van der Waals surface area contributed by atoms with E-state index in [9.17, 15) is 23.4 Å². The molecule has 2 aromatic heterocycles. The first-order valence-electron chi connectivity index (χ1n) is 12.7. The van der Waals surface area contributed by atoms with Crippen LogP contribution in [0.25, 0.3) is 0 Å². The van der Waals surface area contributed by atoms with E-state index in [1.165, 1.54) is 0 Å². The number of aryl methyl sites for hydroxylation is 1. The monoisotopic (exact) mass is 575 g/mol. The summed E-state index contributed by atoms with van der Waals surface area (Å²) in [4.78, 5) is 27.2. The zero-order chi connectivity index (χ0) is 28.0. The van der Waals surface area contributed by atoms with E-state index in [0.717, 1.165) is 42.8 Å². The summed E-state index contributed by atoms with van der Waals surface area (Å²) >= 11 is 1.02. The van der Waals surface area contributed by atoms with E-state index < -0.39 is 16.0 Å². The molecule has 0 aliphatic carbocycles. The quantitative estimate of drug-likeness (QED) is 0.214. The van der Waals surface area contributed by atoms with Crippen molar-refractivity contribution in [3.8, 4) is 0 Å². The molecule has 0 amide bonds. The van der Waals surface area contributed by atoms with Crippen molar-refractivity contribution in [2.75, 3.05) is 45.7 Å². The standard InChI is InChI=1S/C25H33N7O5S2/c1-3-12-39(36,37)31-19-6-4-17(5-7-19)14-26-20-13-21(32-10-8-18(15-33)9-11-32)29-24(28-20)30-25-27-16(2)22(38-25)23(34)35/h4-7,13,18,31,33H,3,8-12,14-15H2,1-2H3,(H,34,35)(H2,26,27,28,29,30). The third-order valence-corrected chi connectivity index (χ3v) is 8.85. The van der Waals surface area contributed by atoms with Crippen LogP contribution < -0.4 is 20.3 Å². The summed E-state index contributed by atoms with van der Waals surface area (Å²) in [6.07, 6.45) is 2.25. The zero-order valence-corrected chi connectivity index (χ0v) is 23.5. The maximum atomic E-state index is 12.0. The van der Waals surface area contributed by atoms with Gasteiger partial charge in [-0.2, -0.15) is 9.97 Å². The predicted octanol–water partition coefficient (Wildman–Crippen LogP) is 3.66. The van der Waals surface area contributed by atoms with Crippen LogP contribution in [0.3, 0.4) is 0 Å². The normalized spacial score (nSPS) is 14.3. The highest BCUT2D eigenvalue weighted by atomic mass is 32.2. The number of anilines is 5. The molecule has 3 heterocycles. The number of piperidine rings is 1. The van der Waals surface area contributed by atoms with Gasteiger partial charge >= 0.3 is 5.97 Å². The van der Waals surface area contributed by atoms with Crippen molar-refractivity contribution < 1.29 is 23.4 Å². The maximum absolute atomic E-state index is 12.0. The number of nitrogens with zero attached hydrogens (tertiary/aromatic N) is 4. The summed E-state index contributed by atoms with van der Waals surface area (Å²) in [7, 11) is -3.36. The Kier molecular flexibility index (Phi) is 9.20. The number of aliphatic hydroxyl groups is 1. The molecule has 1 aliphatic rings. The van der Waals surface area contributed by atoms with Crippen LogP contribution in [-0.4, -0.2) is 65.0 Å². The van der Waals surface area contributed by atoms with Crippen molar-refractivity contribution in [3.05, 3.63) is 46.5 Å². The Morgan fingerprint density at radius 2 is 1.87 bits per heavy atom. The van der Waals surface area contributed by atoms with E-state index >= 15 is 0 Å². The van der Waals surface area contributed by atoms with Gasteiger partial charge in [-0.15, -0.1) is 0 Å². The van der Waals surface area contributed by atoms with E-state index in [0.29, 0.717) is 41.1 Å². The van der Waals surface area contributed by atoms with Gasteiger partial charge < -0.3 is 20.4 Å². The molecule has 1 saturated heterocycles. The Balaban J connectivity index is 1.51. The van der Waals surface area contributed by atoms with Crippen molar-refractivity contribution in [2.24, 2.45) is 5.92 Å². The van der Waals surface area contributed by atoms with Gasteiger partial charge in [-0.1, -0.05) is 30.4 Å². The van der Waals surface area contributed by atoms with Crippen LogP contribution >= 0.6 is 11.3 Å². The molecule has 1 fully saturated rings. The number of aromatic carboxylic acids is 1. The SMILES string of the molecule is CCCS(=O)(=O)Nc1ccc(CNc2cc(N3CCC(CO)CC3)nc(Nc3nc(C)c(C(=O)O)s3)n2)cc1. The Hall–Kier alpha value is -3.49. The highest BCUT2D eigenvalue weighted by Gasteiger charge is 2.21. The average molecular weight is 576 g/mol. The highest BCUT2D eigenvalue weighted by molar-refractivity contribution is 7.92. The predicted molar refractivity (Wildman–Crippen MR) is 153 cm³/mol. The number of carboxylic acids is 1. The van der Waals surface area contributed by atoms with Gasteiger partial charge in [0.15, 0.2) is 5.13 Å². The lowest BCUT2D eigenvalue weighted by Gasteiger charge is -2.32. The molecule has 0 radical (unpaired) electrons. The second-order valence-electron chi connectivity index (χ2n) is 9.38. The van der Waals surface area contributed by atoms with E-state index in [4.69, 9.17) is 0 Å². The van der Waals surface area contributed by atoms with Crippen LogP contribution in [0.5, 0.6) is 0 Å². The Morgan fingerprint density at radius 1 is 1.15 bits per heavy atom. The summed E-state index contributed by atoms with van der Waals surface area (Å²) in [6.45, 7) is 5.55. The molecule has 1 aliphatic heterocycles. The van der Waals surface area contributed by atoms with E-state index in [1.54, 1.807) is 19.1 Å². The minimum atomic E-state index is -3.36. The molecule has 4 rings (SSSR count). The molecule has 210 valence electrons. The first kappa shape index (κ1) is 28.5. The van der Waals surface area contributed by atoms with Crippen LogP contribution in [0.2, 0.25) is 0 Å². The molecule has 39 heavy (non-hydrogen) atoms. The molecule has 14 heteroatoms. The second-order valence-corrected chi connectivity index (χ2v) is 12.2. The largest absolute Gasteiger partial charge is 0.477 e. The number of benzene rings is 1. The van der Waals surface area contributed by atoms with E-state index in [1.807, 2.05) is 25.1 Å². The summed E-state index contributed by atoms with van der Waals surface area (Å²) in [5, 5.41) is 25.6. The summed E-state index contributed by atoms with van der Waals surface area (Å²) in [5.74, 6) is 0.862. The number of nitrogens with one attached hydrogen (secondary N) is 3. The minimum Gasteiger partial charge on any atom is -0.477 e. The van der Waals surface area contributed by atoms with Crippen LogP contribution in [-0.2, 0) is 16.6 Å². The van der Waals surface area contributed by atoms with Crippen LogP contribution in [0.1, 0.15) is 47.1 Å². The zero-order valence-electron chi connectivity index (χ0n) is 21.8. The first-order valence-corrected chi connectivity index (χ1v) is 15.2. The lowest BCUT2D eigenvalue weighted by molar-refractivity contribution is 0.0701. The third-order valence-electron chi connectivity index (χ3n) is 6.29. The van der Waals surface area contributed by atoms with Gasteiger partial charge in [0.05, 0.1) is 11.4 Å². The average Bonchev–Trinajstić information content (AvgIpc) is 3.28. The van der Waals surface area contributed by atoms with Gasteiger partial charge in [-0.25, -0.2) is 18.2 Å². The highest BCUT2D eigenvalue weighted by Crippen LogP contribution is 2.28. The van der Waals surface area contributed by atoms with Gasteiger partial charge in [0.25, 0.3) is 0 Å². The van der Waals surface area contributed by atoms with Gasteiger partial charge in [0.1, 0.15) is 16.5 Å². The maximum Gasteiger partial charge on any atom is 0.347 e. The number of rotatable bonds is 12. The molecule has 1 aromatic carbocycles. The van der Waals surface area contributed by atoms with Crippen molar-refractivity contribution in [2.45, 2.75) is 39.7 Å². The lowest BCUT2D eigenvalue weighted by Crippen LogP contribution is -2.35. The number of carboxylic acid groups (broad SMARTS) is 1. The minimum absolute atomic E-state index is 0.0680. The third kappa shape index (κ3) is 7.77. The Morgan fingerprint density at radius 3 is 2.49 bits per heavy atom. The summed E-state index contributed by atoms with van der Waals surface area (Å²) < 4.78 is 26.6. The van der Waals surface area contributed by atoms with Crippen molar-refractivity contribution >= 4 is 55.7 Å². The number of carbonyl (C=O) groups is 1. The number of hydrogen-bond donors (Lipinski definition) is 5. The topological polar surface area (TPSA) is 170 Å². The van der Waals surface area contributed by atoms with Crippen LogP contribution in [0.15, 0.2) is 30.3 Å². The number of aliphatic hydroxyl groups excluding tert-OH is 1. The molecule has 5 N–H and O–H groups in total. The fourth-order valence-corrected chi connectivity index (χ4v) is 6.15. The molecule has 0 spiro atoms. The lowest BCUT2D eigenvalue weighted by atomic mass is 9.98. The summed E-state index contributed by atoms with van der Waals surface area (Å²) in [6, 6.07) is 8.97. The van der Waals surface area contributed by atoms with Gasteiger partial charge in [0, 0.05) is 38.0 Å². The van der Waals surface area contributed by atoms with Crippen molar-refractivity contribution in [3.63, 3.8) is 0 Å². The molecule has 3 aromatic rings. The number of aromatic nitrogens is 3. The summed E-state index contributed by atoms with van der Waals surface area (Å²) in [5.41, 5.74) is 1.85.